The molecule has 0 atom stereocenters. The third kappa shape index (κ3) is 5.12. The van der Waals surface area contributed by atoms with E-state index in [0.29, 0.717) is 35.3 Å². The summed E-state index contributed by atoms with van der Waals surface area (Å²) in [5.74, 6) is -0.552. The molecule has 0 aliphatic rings. The van der Waals surface area contributed by atoms with Gasteiger partial charge in [-0.15, -0.1) is 0 Å². The first-order valence-corrected chi connectivity index (χ1v) is 10.5. The molecule has 2 aromatic heterocycles. The molecule has 0 unspecified atom stereocenters. The van der Waals surface area contributed by atoms with Crippen molar-refractivity contribution < 1.29 is 14.3 Å². The maximum Gasteiger partial charge on any atom is 0.336 e. The fraction of sp³-hybridized carbons (Fsp3) is 0.160. The Labute approximate surface area is 189 Å². The Bertz CT molecular complexity index is 1420. The molecule has 0 bridgehead atoms. The van der Waals surface area contributed by atoms with Crippen LogP contribution in [0.1, 0.15) is 11.3 Å². The van der Waals surface area contributed by atoms with Gasteiger partial charge in [0.25, 0.3) is 0 Å². The van der Waals surface area contributed by atoms with Crippen molar-refractivity contribution in [2.75, 3.05) is 11.9 Å². The Morgan fingerprint density at radius 2 is 1.82 bits per heavy atom. The number of aromatic nitrogens is 1. The Hall–Kier alpha value is -4.33. The van der Waals surface area contributed by atoms with Gasteiger partial charge in [-0.1, -0.05) is 18.2 Å². The van der Waals surface area contributed by atoms with Gasteiger partial charge in [0.15, 0.2) is 5.75 Å². The number of carbonyl (C=O) groups is 1. The largest absolute Gasteiger partial charge is 0.503 e. The van der Waals surface area contributed by atoms with Crippen molar-refractivity contribution in [1.82, 2.24) is 9.88 Å². The quantitative estimate of drug-likeness (QED) is 0.377. The zero-order valence-electron chi connectivity index (χ0n) is 18.0. The lowest BCUT2D eigenvalue weighted by molar-refractivity contribution is -0.120. The number of anilines is 2. The number of pyridine rings is 1. The number of para-hydroxylation sites is 1. The molecule has 8 nitrogen and oxygen atoms in total. The number of benzene rings is 2. The van der Waals surface area contributed by atoms with Gasteiger partial charge in [0.05, 0.1) is 12.1 Å². The molecule has 0 radical (unpaired) electrons. The van der Waals surface area contributed by atoms with E-state index in [-0.39, 0.29) is 18.1 Å². The number of aromatic hydroxyl groups is 1. The minimum Gasteiger partial charge on any atom is -0.503 e. The maximum atomic E-state index is 12.5. The lowest BCUT2D eigenvalue weighted by Crippen LogP contribution is -2.29. The van der Waals surface area contributed by atoms with Crippen LogP contribution in [0.4, 0.5) is 11.4 Å². The molecule has 0 saturated carbocycles. The van der Waals surface area contributed by atoms with Crippen LogP contribution in [0.25, 0.3) is 11.0 Å². The Balaban J connectivity index is 1.45. The van der Waals surface area contributed by atoms with E-state index >= 15 is 0 Å². The summed E-state index contributed by atoms with van der Waals surface area (Å²) in [7, 11) is 0. The lowest BCUT2D eigenvalue weighted by atomic mass is 10.1. The zero-order chi connectivity index (χ0) is 23.4. The van der Waals surface area contributed by atoms with Crippen LogP contribution in [0, 0.1) is 6.92 Å². The second-order valence-corrected chi connectivity index (χ2v) is 7.63. The lowest BCUT2D eigenvalue weighted by Gasteiger charge is -2.12. The van der Waals surface area contributed by atoms with Crippen LogP contribution in [0.2, 0.25) is 0 Å². The molecule has 0 aliphatic heterocycles. The minimum absolute atomic E-state index is 0.0158. The smallest absolute Gasteiger partial charge is 0.336 e. The molecule has 2 aromatic carbocycles. The molecule has 8 heteroatoms. The first-order chi connectivity index (χ1) is 15.9. The van der Waals surface area contributed by atoms with Crippen LogP contribution >= 0.6 is 0 Å². The molecule has 168 valence electrons. The molecule has 2 heterocycles. The summed E-state index contributed by atoms with van der Waals surface area (Å²) in [6.07, 6.45) is 1.59. The third-order valence-corrected chi connectivity index (χ3v) is 5.33. The van der Waals surface area contributed by atoms with Gasteiger partial charge >= 0.3 is 5.63 Å². The average molecular weight is 445 g/mol. The summed E-state index contributed by atoms with van der Waals surface area (Å²) in [5, 5.41) is 16.5. The van der Waals surface area contributed by atoms with Gasteiger partial charge in [-0.25, -0.2) is 4.79 Å². The summed E-state index contributed by atoms with van der Waals surface area (Å²) in [6.45, 7) is 2.32. The molecule has 4 aromatic rings. The maximum absolute atomic E-state index is 12.5. The van der Waals surface area contributed by atoms with E-state index < -0.39 is 11.1 Å². The number of hydrogen-bond acceptors (Lipinski definition) is 6. The van der Waals surface area contributed by atoms with Crippen molar-refractivity contribution in [1.29, 1.82) is 0 Å². The summed E-state index contributed by atoms with van der Waals surface area (Å²) in [6, 6.07) is 17.6. The summed E-state index contributed by atoms with van der Waals surface area (Å²) in [5.41, 5.74) is 2.10. The molecule has 0 saturated heterocycles. The number of rotatable bonds is 7. The Morgan fingerprint density at radius 3 is 2.61 bits per heavy atom. The van der Waals surface area contributed by atoms with Crippen molar-refractivity contribution >= 4 is 28.3 Å². The Morgan fingerprint density at radius 1 is 1.03 bits per heavy atom. The number of nitrogens with one attached hydrogen (secondary N) is 2. The summed E-state index contributed by atoms with van der Waals surface area (Å²) < 4.78 is 7.04. The van der Waals surface area contributed by atoms with Crippen LogP contribution < -0.4 is 21.7 Å². The highest BCUT2D eigenvalue weighted by Crippen LogP contribution is 2.24. The van der Waals surface area contributed by atoms with E-state index in [9.17, 15) is 19.5 Å². The molecular weight excluding hydrogens is 422 g/mol. The van der Waals surface area contributed by atoms with E-state index in [0.717, 1.165) is 11.4 Å². The fourth-order valence-electron chi connectivity index (χ4n) is 3.60. The van der Waals surface area contributed by atoms with Gasteiger partial charge in [0, 0.05) is 54.2 Å². The molecule has 4 rings (SSSR count). The highest BCUT2D eigenvalue weighted by Gasteiger charge is 2.11. The molecule has 0 fully saturated rings. The highest BCUT2D eigenvalue weighted by molar-refractivity contribution is 5.89. The second kappa shape index (κ2) is 9.44. The van der Waals surface area contributed by atoms with Gasteiger partial charge in [-0.3, -0.25) is 9.59 Å². The van der Waals surface area contributed by atoms with E-state index in [1.807, 2.05) is 42.5 Å². The van der Waals surface area contributed by atoms with E-state index in [1.165, 1.54) is 12.1 Å². The van der Waals surface area contributed by atoms with Crippen LogP contribution in [-0.2, 0) is 17.8 Å². The van der Waals surface area contributed by atoms with Gasteiger partial charge in [0.1, 0.15) is 5.58 Å². The van der Waals surface area contributed by atoms with Crippen LogP contribution in [0.15, 0.2) is 80.9 Å². The monoisotopic (exact) mass is 445 g/mol. The molecule has 33 heavy (non-hydrogen) atoms. The fourth-order valence-corrected chi connectivity index (χ4v) is 3.60. The van der Waals surface area contributed by atoms with Crippen molar-refractivity contribution in [3.63, 3.8) is 0 Å². The summed E-state index contributed by atoms with van der Waals surface area (Å²) >= 11 is 0. The Kier molecular flexibility index (Phi) is 6.26. The minimum atomic E-state index is -0.526. The standard InChI is InChI=1S/C25H23N3O5/c1-16-25(32)21(29)9-11-28(16)12-10-26-23(30)13-17-14-24(31)33-22-15-19(7-8-20(17)22)27-18-5-3-2-4-6-18/h2-9,11,14-15,27,32H,10,12-13H2,1H3,(H,26,30). The zero-order valence-corrected chi connectivity index (χ0v) is 18.0. The van der Waals surface area contributed by atoms with Crippen molar-refractivity contribution in [2.24, 2.45) is 0 Å². The molecular formula is C25H23N3O5. The van der Waals surface area contributed by atoms with Crippen molar-refractivity contribution in [2.45, 2.75) is 19.9 Å². The number of carbonyl (C=O) groups excluding carboxylic acids is 1. The van der Waals surface area contributed by atoms with Gasteiger partial charge in [-0.2, -0.15) is 0 Å². The van der Waals surface area contributed by atoms with Gasteiger partial charge < -0.3 is 24.7 Å². The first-order valence-electron chi connectivity index (χ1n) is 10.5. The highest BCUT2D eigenvalue weighted by atomic mass is 16.4. The number of nitrogens with zero attached hydrogens (tertiary/aromatic N) is 1. The normalized spacial score (nSPS) is 10.8. The van der Waals surface area contributed by atoms with Crippen molar-refractivity contribution in [3.05, 3.63) is 98.8 Å². The molecule has 3 N–H and O–H groups in total. The summed E-state index contributed by atoms with van der Waals surface area (Å²) in [4.78, 5) is 36.0. The van der Waals surface area contributed by atoms with Gasteiger partial charge in [-0.05, 0) is 36.8 Å². The molecule has 0 aliphatic carbocycles. The predicted molar refractivity (Wildman–Crippen MR) is 126 cm³/mol. The number of hydrogen-bond donors (Lipinski definition) is 3. The topological polar surface area (TPSA) is 114 Å². The second-order valence-electron chi connectivity index (χ2n) is 7.63. The van der Waals surface area contributed by atoms with Gasteiger partial charge in [0.2, 0.25) is 11.3 Å². The molecule has 0 spiro atoms. The SMILES string of the molecule is Cc1c(O)c(=O)ccn1CCNC(=O)Cc1cc(=O)oc2cc(Nc3ccccc3)ccc12. The number of amides is 1. The van der Waals surface area contributed by atoms with E-state index in [2.05, 4.69) is 10.6 Å². The number of fused-ring (bicyclic) bond motifs is 1. The predicted octanol–water partition coefficient (Wildman–Crippen LogP) is 3.07. The van der Waals surface area contributed by atoms with E-state index in [4.69, 9.17) is 4.42 Å². The first kappa shape index (κ1) is 21.9. The van der Waals surface area contributed by atoms with Crippen molar-refractivity contribution in [3.8, 4) is 5.75 Å². The van der Waals surface area contributed by atoms with Crippen LogP contribution in [0.5, 0.6) is 5.75 Å². The van der Waals surface area contributed by atoms with Crippen LogP contribution in [0.3, 0.4) is 0 Å². The van der Waals surface area contributed by atoms with E-state index in [1.54, 1.807) is 23.8 Å². The third-order valence-electron chi connectivity index (χ3n) is 5.33. The molecule has 1 amide bonds. The van der Waals surface area contributed by atoms with Crippen LogP contribution in [-0.4, -0.2) is 22.1 Å². The average Bonchev–Trinajstić information content (AvgIpc) is 2.79.